The van der Waals surface area contributed by atoms with Crippen molar-refractivity contribution in [3.8, 4) is 0 Å². The molecule has 202 valence electrons. The van der Waals surface area contributed by atoms with Gasteiger partial charge in [-0.3, -0.25) is 9.36 Å². The first kappa shape index (κ1) is 28.6. The van der Waals surface area contributed by atoms with Crippen LogP contribution in [0.1, 0.15) is 52.6 Å². The number of aromatic nitrogens is 4. The van der Waals surface area contributed by atoms with Crippen LogP contribution in [0.2, 0.25) is 0 Å². The molecule has 1 aromatic carbocycles. The molecule has 3 atom stereocenters. The number of benzene rings is 1. The van der Waals surface area contributed by atoms with Gasteiger partial charge in [0, 0.05) is 6.04 Å². The number of ether oxygens (including phenoxy) is 2. The lowest BCUT2D eigenvalue weighted by Crippen LogP contribution is -2.49. The number of nitrogens with one attached hydrogen (secondary N) is 2. The quantitative estimate of drug-likeness (QED) is 0.218. The van der Waals surface area contributed by atoms with Crippen molar-refractivity contribution in [1.29, 1.82) is 0 Å². The Hall–Kier alpha value is -2.92. The summed E-state index contributed by atoms with van der Waals surface area (Å²) in [5.74, 6) is -0.664. The zero-order valence-electron chi connectivity index (χ0n) is 21.8. The Kier molecular flexibility index (Phi) is 9.36. The Balaban J connectivity index is 1.76. The fourth-order valence-corrected chi connectivity index (χ4v) is 6.17. The van der Waals surface area contributed by atoms with Gasteiger partial charge < -0.3 is 19.8 Å². The number of hydrogen-bond acceptors (Lipinski definition) is 8. The Morgan fingerprint density at radius 2 is 2.03 bits per heavy atom. The molecule has 0 aliphatic carbocycles. The van der Waals surface area contributed by atoms with Gasteiger partial charge in [0.1, 0.15) is 29.5 Å². The normalized spacial score (nSPS) is 15.3. The van der Waals surface area contributed by atoms with Gasteiger partial charge in [0.2, 0.25) is 7.44 Å². The second-order valence-electron chi connectivity index (χ2n) is 9.45. The van der Waals surface area contributed by atoms with Crippen molar-refractivity contribution >= 4 is 30.4 Å². The number of nitrogen functional groups attached to an aromatic ring is 1. The Labute approximate surface area is 215 Å². The fourth-order valence-electron chi connectivity index (χ4n) is 3.73. The number of rotatable bonds is 13. The number of imidazole rings is 1. The van der Waals surface area contributed by atoms with Crippen LogP contribution in [0.5, 0.6) is 0 Å². The summed E-state index contributed by atoms with van der Waals surface area (Å²) in [5.41, 5.74) is 6.23. The van der Waals surface area contributed by atoms with Gasteiger partial charge in [-0.1, -0.05) is 19.1 Å². The molecule has 0 fully saturated rings. The van der Waals surface area contributed by atoms with Crippen molar-refractivity contribution in [2.45, 2.75) is 65.3 Å². The van der Waals surface area contributed by atoms with E-state index in [1.54, 1.807) is 43.8 Å². The summed E-state index contributed by atoms with van der Waals surface area (Å²) in [4.78, 5) is 25.1. The van der Waals surface area contributed by atoms with Crippen molar-refractivity contribution in [1.82, 2.24) is 29.7 Å². The molecule has 0 saturated heterocycles. The first-order chi connectivity index (χ1) is 17.4. The average Bonchev–Trinajstić information content (AvgIpc) is 3.24. The van der Waals surface area contributed by atoms with E-state index in [0.29, 0.717) is 29.7 Å². The molecular formula is C24H35FN7O4P. The van der Waals surface area contributed by atoms with E-state index in [1.165, 1.54) is 18.5 Å². The zero-order valence-corrected chi connectivity index (χ0v) is 22.7. The Morgan fingerprint density at radius 1 is 1.27 bits per heavy atom. The number of esters is 1. The third-order valence-electron chi connectivity index (χ3n) is 5.58. The first-order valence-electron chi connectivity index (χ1n) is 12.1. The molecule has 0 spiro atoms. The second-order valence-corrected chi connectivity index (χ2v) is 11.7. The monoisotopic (exact) mass is 535 g/mol. The molecule has 0 aliphatic heterocycles. The van der Waals surface area contributed by atoms with Gasteiger partial charge >= 0.3 is 5.97 Å². The molecule has 11 nitrogen and oxygen atoms in total. The first-order valence-corrected chi connectivity index (χ1v) is 13.9. The van der Waals surface area contributed by atoms with Crippen molar-refractivity contribution in [2.24, 2.45) is 0 Å². The third kappa shape index (κ3) is 7.54. The highest BCUT2D eigenvalue weighted by atomic mass is 31.2. The summed E-state index contributed by atoms with van der Waals surface area (Å²) < 4.78 is 41.0. The molecule has 3 rings (SSSR count). The minimum absolute atomic E-state index is 0.248. The lowest BCUT2D eigenvalue weighted by Gasteiger charge is -2.33. The van der Waals surface area contributed by atoms with Gasteiger partial charge in [0.15, 0.2) is 11.5 Å². The van der Waals surface area contributed by atoms with E-state index in [2.05, 4.69) is 25.1 Å². The van der Waals surface area contributed by atoms with Crippen LogP contribution in [0.15, 0.2) is 36.9 Å². The number of nitrogens with zero attached hydrogens (tertiary/aromatic N) is 4. The SMILES string of the molecule is CCCOC(=O)C(C)(C)NP(=O)(CO[C@@H](C)Cn1cnc2c(N)ncnc21)N[C@H](C)c1cccc(F)c1. The summed E-state index contributed by atoms with van der Waals surface area (Å²) in [6.07, 6.45) is 2.95. The highest BCUT2D eigenvalue weighted by molar-refractivity contribution is 7.59. The third-order valence-corrected chi connectivity index (χ3v) is 7.82. The van der Waals surface area contributed by atoms with Crippen LogP contribution >= 0.6 is 7.44 Å². The smallest absolute Gasteiger partial charge is 0.326 e. The highest BCUT2D eigenvalue weighted by Gasteiger charge is 2.38. The zero-order chi connectivity index (χ0) is 27.2. The molecule has 1 unspecified atom stereocenters. The number of nitrogens with two attached hydrogens (primary N) is 1. The molecule has 3 aromatic rings. The predicted octanol–water partition coefficient (Wildman–Crippen LogP) is 3.78. The van der Waals surface area contributed by atoms with E-state index >= 15 is 0 Å². The summed E-state index contributed by atoms with van der Waals surface area (Å²) in [5, 5.41) is 5.98. The van der Waals surface area contributed by atoms with E-state index in [9.17, 15) is 13.8 Å². The Morgan fingerprint density at radius 3 is 2.73 bits per heavy atom. The maximum atomic E-state index is 14.1. The number of carbonyl (C=O) groups is 1. The van der Waals surface area contributed by atoms with E-state index in [1.807, 2.05) is 13.8 Å². The molecule has 37 heavy (non-hydrogen) atoms. The van der Waals surface area contributed by atoms with Crippen LogP contribution in [-0.2, 0) is 25.4 Å². The second kappa shape index (κ2) is 12.1. The molecule has 0 bridgehead atoms. The molecule has 4 N–H and O–H groups in total. The van der Waals surface area contributed by atoms with Crippen LogP contribution in [0, 0.1) is 5.82 Å². The van der Waals surface area contributed by atoms with Gasteiger partial charge in [-0.15, -0.1) is 0 Å². The minimum Gasteiger partial charge on any atom is -0.464 e. The minimum atomic E-state index is -3.58. The molecule has 0 saturated carbocycles. The maximum Gasteiger partial charge on any atom is 0.326 e. The summed E-state index contributed by atoms with van der Waals surface area (Å²) >= 11 is 0. The van der Waals surface area contributed by atoms with Gasteiger partial charge in [-0.25, -0.2) is 29.5 Å². The van der Waals surface area contributed by atoms with Gasteiger partial charge in [0.25, 0.3) is 0 Å². The average molecular weight is 536 g/mol. The van der Waals surface area contributed by atoms with Crippen molar-refractivity contribution in [2.75, 3.05) is 18.7 Å². The molecule has 0 amide bonds. The fraction of sp³-hybridized carbons (Fsp3) is 0.500. The molecule has 2 aromatic heterocycles. The standard InChI is InChI=1S/C24H35FN7O4P/c1-6-10-35-23(33)24(4,5)31-37(34,30-17(3)18-8-7-9-19(25)11-18)15-36-16(2)12-32-14-29-20-21(26)27-13-28-22(20)32/h7-9,11,13-14,16-17H,6,10,12,15H2,1-5H3,(H2,26,27,28)(H2,30,31,34)/t16-,17+,37?/m0/s1. The van der Waals surface area contributed by atoms with Crippen molar-refractivity contribution in [3.05, 3.63) is 48.3 Å². The van der Waals surface area contributed by atoms with E-state index in [0.717, 1.165) is 0 Å². The number of halogens is 1. The van der Waals surface area contributed by atoms with Gasteiger partial charge in [-0.2, -0.15) is 0 Å². The van der Waals surface area contributed by atoms with Crippen LogP contribution in [0.25, 0.3) is 11.2 Å². The van der Waals surface area contributed by atoms with Gasteiger partial charge in [0.05, 0.1) is 25.6 Å². The van der Waals surface area contributed by atoms with E-state index in [-0.39, 0.29) is 18.8 Å². The number of carbonyl (C=O) groups excluding carboxylic acids is 1. The Bertz CT molecular complexity index is 1270. The lowest BCUT2D eigenvalue weighted by molar-refractivity contribution is -0.149. The largest absolute Gasteiger partial charge is 0.464 e. The van der Waals surface area contributed by atoms with Gasteiger partial charge in [-0.05, 0) is 51.8 Å². The summed E-state index contributed by atoms with van der Waals surface area (Å²) in [7, 11) is -3.58. The molecule has 0 radical (unpaired) electrons. The van der Waals surface area contributed by atoms with E-state index < -0.39 is 36.9 Å². The van der Waals surface area contributed by atoms with Crippen LogP contribution in [0.4, 0.5) is 10.2 Å². The molecular weight excluding hydrogens is 500 g/mol. The van der Waals surface area contributed by atoms with Crippen LogP contribution < -0.4 is 15.9 Å². The lowest BCUT2D eigenvalue weighted by atomic mass is 10.1. The molecule has 0 aliphatic rings. The predicted molar refractivity (Wildman–Crippen MR) is 139 cm³/mol. The topological polar surface area (TPSA) is 146 Å². The molecule has 13 heteroatoms. The van der Waals surface area contributed by atoms with Crippen molar-refractivity contribution in [3.63, 3.8) is 0 Å². The number of anilines is 1. The summed E-state index contributed by atoms with van der Waals surface area (Å²) in [6, 6.07) is 5.51. The summed E-state index contributed by atoms with van der Waals surface area (Å²) in [6.45, 7) is 9.26. The number of fused-ring (bicyclic) bond motifs is 1. The maximum absolute atomic E-state index is 14.1. The van der Waals surface area contributed by atoms with Crippen LogP contribution in [0.3, 0.4) is 0 Å². The van der Waals surface area contributed by atoms with E-state index in [4.69, 9.17) is 15.2 Å². The van der Waals surface area contributed by atoms with Crippen LogP contribution in [-0.4, -0.2) is 50.1 Å². The molecule has 2 heterocycles. The highest BCUT2D eigenvalue weighted by Crippen LogP contribution is 2.42. The van der Waals surface area contributed by atoms with Crippen molar-refractivity contribution < 1.29 is 23.2 Å². The number of hydrogen-bond donors (Lipinski definition) is 3.